The van der Waals surface area contributed by atoms with Crippen molar-refractivity contribution in [3.05, 3.63) is 54.3 Å². The van der Waals surface area contributed by atoms with Crippen LogP contribution >= 0.6 is 0 Å². The molecule has 0 saturated carbocycles. The van der Waals surface area contributed by atoms with E-state index >= 15 is 0 Å². The average molecular weight is 399 g/mol. The first-order valence-electron chi connectivity index (χ1n) is 9.13. The number of amides is 3. The Hall–Kier alpha value is -3.42. The van der Waals surface area contributed by atoms with Crippen molar-refractivity contribution in [2.45, 2.75) is 6.42 Å². The standard InChI is InChI=1S/C21H22FN3O4/c1-24(13-19(26)23-15-6-5-7-16(11-15)29-2)21(28)14-10-20(27)25(12-14)18-9-4-3-8-17(18)22/h3-9,11,14H,10,12-13H2,1-2H3,(H,23,26). The fourth-order valence-corrected chi connectivity index (χ4v) is 3.28. The Morgan fingerprint density at radius 1 is 1.24 bits per heavy atom. The molecule has 2 aromatic carbocycles. The van der Waals surface area contributed by atoms with Crippen LogP contribution in [-0.4, -0.2) is 49.9 Å². The summed E-state index contributed by atoms with van der Waals surface area (Å²) in [6.07, 6.45) is -0.0188. The first-order chi connectivity index (χ1) is 13.9. The van der Waals surface area contributed by atoms with Crippen molar-refractivity contribution in [2.75, 3.05) is 37.5 Å². The zero-order chi connectivity index (χ0) is 21.0. The molecule has 1 atom stereocenters. The fraction of sp³-hybridized carbons (Fsp3) is 0.286. The van der Waals surface area contributed by atoms with Crippen LogP contribution < -0.4 is 15.0 Å². The van der Waals surface area contributed by atoms with Gasteiger partial charge in [-0.1, -0.05) is 18.2 Å². The van der Waals surface area contributed by atoms with E-state index in [4.69, 9.17) is 4.74 Å². The molecule has 2 aromatic rings. The molecule has 7 nitrogen and oxygen atoms in total. The molecule has 29 heavy (non-hydrogen) atoms. The van der Waals surface area contributed by atoms with Gasteiger partial charge in [-0.05, 0) is 24.3 Å². The van der Waals surface area contributed by atoms with Gasteiger partial charge in [0.25, 0.3) is 0 Å². The Morgan fingerprint density at radius 3 is 2.72 bits per heavy atom. The second-order valence-electron chi connectivity index (χ2n) is 6.83. The second kappa shape index (κ2) is 8.72. The Morgan fingerprint density at radius 2 is 2.00 bits per heavy atom. The van der Waals surface area contributed by atoms with E-state index in [1.54, 1.807) is 30.3 Å². The van der Waals surface area contributed by atoms with Crippen molar-refractivity contribution >= 4 is 29.1 Å². The molecular weight excluding hydrogens is 377 g/mol. The maximum atomic E-state index is 14.0. The highest BCUT2D eigenvalue weighted by atomic mass is 19.1. The van der Waals surface area contributed by atoms with Gasteiger partial charge in [0.2, 0.25) is 17.7 Å². The molecule has 0 aromatic heterocycles. The van der Waals surface area contributed by atoms with Gasteiger partial charge >= 0.3 is 0 Å². The lowest BCUT2D eigenvalue weighted by molar-refractivity contribution is -0.137. The number of carbonyl (C=O) groups is 3. The molecule has 152 valence electrons. The van der Waals surface area contributed by atoms with Crippen molar-refractivity contribution in [1.82, 2.24) is 4.90 Å². The maximum absolute atomic E-state index is 14.0. The number of halogens is 1. The number of nitrogens with one attached hydrogen (secondary N) is 1. The van der Waals surface area contributed by atoms with Gasteiger partial charge in [-0.3, -0.25) is 14.4 Å². The summed E-state index contributed by atoms with van der Waals surface area (Å²) < 4.78 is 19.1. The number of likely N-dealkylation sites (N-methyl/N-ethyl adjacent to an activating group) is 1. The normalized spacial score (nSPS) is 15.9. The van der Waals surface area contributed by atoms with Crippen molar-refractivity contribution in [3.8, 4) is 5.75 Å². The van der Waals surface area contributed by atoms with Gasteiger partial charge in [0, 0.05) is 31.8 Å². The van der Waals surface area contributed by atoms with Crippen molar-refractivity contribution in [2.24, 2.45) is 5.92 Å². The third-order valence-electron chi connectivity index (χ3n) is 4.73. The van der Waals surface area contributed by atoms with Gasteiger partial charge in [-0.25, -0.2) is 4.39 Å². The van der Waals surface area contributed by atoms with E-state index in [-0.39, 0.29) is 42.9 Å². The Balaban J connectivity index is 1.59. The number of carbonyl (C=O) groups excluding carboxylic acids is 3. The Kier molecular flexibility index (Phi) is 6.11. The minimum absolute atomic E-state index is 0.0188. The summed E-state index contributed by atoms with van der Waals surface area (Å²) in [6, 6.07) is 12.8. The van der Waals surface area contributed by atoms with Gasteiger partial charge in [0.1, 0.15) is 11.6 Å². The molecule has 0 radical (unpaired) electrons. The highest BCUT2D eigenvalue weighted by Gasteiger charge is 2.37. The van der Waals surface area contributed by atoms with Gasteiger partial charge in [0.15, 0.2) is 0 Å². The predicted octanol–water partition coefficient (Wildman–Crippen LogP) is 2.28. The number of hydrogen-bond acceptors (Lipinski definition) is 4. The summed E-state index contributed by atoms with van der Waals surface area (Å²) >= 11 is 0. The van der Waals surface area contributed by atoms with E-state index in [9.17, 15) is 18.8 Å². The maximum Gasteiger partial charge on any atom is 0.243 e. The van der Waals surface area contributed by atoms with Crippen LogP contribution in [-0.2, 0) is 14.4 Å². The molecule has 1 N–H and O–H groups in total. The summed E-state index contributed by atoms with van der Waals surface area (Å²) in [5.74, 6) is -1.56. The number of anilines is 2. The summed E-state index contributed by atoms with van der Waals surface area (Å²) in [4.78, 5) is 39.8. The molecular formula is C21H22FN3O4. The molecule has 1 aliphatic heterocycles. The van der Waals surface area contributed by atoms with Crippen LogP contribution in [0.1, 0.15) is 6.42 Å². The minimum atomic E-state index is -0.628. The van der Waals surface area contributed by atoms with Crippen molar-refractivity contribution in [3.63, 3.8) is 0 Å². The molecule has 0 spiro atoms. The average Bonchev–Trinajstić information content (AvgIpc) is 3.09. The van der Waals surface area contributed by atoms with Crippen LogP contribution in [0.5, 0.6) is 5.75 Å². The molecule has 3 rings (SSSR count). The molecule has 0 bridgehead atoms. The molecule has 8 heteroatoms. The van der Waals surface area contributed by atoms with E-state index in [1.165, 1.54) is 42.2 Å². The third-order valence-corrected chi connectivity index (χ3v) is 4.73. The number of para-hydroxylation sites is 1. The first-order valence-corrected chi connectivity index (χ1v) is 9.13. The van der Waals surface area contributed by atoms with Crippen molar-refractivity contribution in [1.29, 1.82) is 0 Å². The Labute approximate surface area is 168 Å². The number of methoxy groups -OCH3 is 1. The zero-order valence-electron chi connectivity index (χ0n) is 16.2. The van der Waals surface area contributed by atoms with Crippen LogP contribution in [0.15, 0.2) is 48.5 Å². The van der Waals surface area contributed by atoms with Crippen molar-refractivity contribution < 1.29 is 23.5 Å². The minimum Gasteiger partial charge on any atom is -0.497 e. The van der Waals surface area contributed by atoms with E-state index in [0.717, 1.165) is 0 Å². The molecule has 1 aliphatic rings. The summed E-state index contributed by atoms with van der Waals surface area (Å²) in [7, 11) is 3.03. The number of hydrogen-bond donors (Lipinski definition) is 1. The molecule has 3 amide bonds. The topological polar surface area (TPSA) is 79.0 Å². The van der Waals surface area contributed by atoms with Crippen LogP contribution in [0, 0.1) is 11.7 Å². The number of benzene rings is 2. The predicted molar refractivity (Wildman–Crippen MR) is 106 cm³/mol. The largest absolute Gasteiger partial charge is 0.497 e. The van der Waals surface area contributed by atoms with Crippen LogP contribution in [0.4, 0.5) is 15.8 Å². The highest BCUT2D eigenvalue weighted by molar-refractivity contribution is 6.01. The van der Waals surface area contributed by atoms with E-state index in [0.29, 0.717) is 11.4 Å². The van der Waals surface area contributed by atoms with E-state index < -0.39 is 11.7 Å². The van der Waals surface area contributed by atoms with Gasteiger partial charge in [0.05, 0.1) is 25.3 Å². The third kappa shape index (κ3) is 4.71. The highest BCUT2D eigenvalue weighted by Crippen LogP contribution is 2.28. The lowest BCUT2D eigenvalue weighted by atomic mass is 10.1. The monoisotopic (exact) mass is 399 g/mol. The number of rotatable bonds is 6. The molecule has 1 unspecified atom stereocenters. The van der Waals surface area contributed by atoms with Crippen LogP contribution in [0.2, 0.25) is 0 Å². The van der Waals surface area contributed by atoms with E-state index in [1.807, 2.05) is 0 Å². The molecule has 1 fully saturated rings. The summed E-state index contributed by atoms with van der Waals surface area (Å²) in [5, 5.41) is 2.70. The Bertz CT molecular complexity index is 934. The lowest BCUT2D eigenvalue weighted by Gasteiger charge is -2.21. The van der Waals surface area contributed by atoms with Gasteiger partial charge < -0.3 is 19.9 Å². The molecule has 1 heterocycles. The smallest absolute Gasteiger partial charge is 0.243 e. The van der Waals surface area contributed by atoms with E-state index in [2.05, 4.69) is 5.32 Å². The summed E-state index contributed by atoms with van der Waals surface area (Å²) in [5.41, 5.74) is 0.711. The quantitative estimate of drug-likeness (QED) is 0.808. The first kappa shape index (κ1) is 20.3. The lowest BCUT2D eigenvalue weighted by Crippen LogP contribution is -2.39. The molecule has 1 saturated heterocycles. The molecule has 0 aliphatic carbocycles. The van der Waals surface area contributed by atoms with Gasteiger partial charge in [-0.2, -0.15) is 0 Å². The number of ether oxygens (including phenoxy) is 1. The SMILES string of the molecule is COc1cccc(NC(=O)CN(C)C(=O)C2CC(=O)N(c3ccccc3F)C2)c1. The van der Waals surface area contributed by atoms with Gasteiger partial charge in [-0.15, -0.1) is 0 Å². The number of nitrogens with zero attached hydrogens (tertiary/aromatic N) is 2. The van der Waals surface area contributed by atoms with Crippen LogP contribution in [0.3, 0.4) is 0 Å². The zero-order valence-corrected chi connectivity index (χ0v) is 16.2. The summed E-state index contributed by atoms with van der Waals surface area (Å²) in [6.45, 7) is -0.0825. The van der Waals surface area contributed by atoms with Crippen LogP contribution in [0.25, 0.3) is 0 Å². The fourth-order valence-electron chi connectivity index (χ4n) is 3.28. The second-order valence-corrected chi connectivity index (χ2v) is 6.83.